The van der Waals surface area contributed by atoms with E-state index in [1.54, 1.807) is 6.20 Å². The molecular formula is C15H23F3N2. The smallest absolute Gasteiger partial charge is 0.309 e. The largest absolute Gasteiger partial charge is 0.389 e. The monoisotopic (exact) mass is 288 g/mol. The molecular weight excluding hydrogens is 265 g/mol. The van der Waals surface area contributed by atoms with Crippen LogP contribution in [0.1, 0.15) is 55.5 Å². The topological polar surface area (TPSA) is 24.9 Å². The second kappa shape index (κ2) is 7.62. The Bertz CT molecular complexity index is 416. The highest BCUT2D eigenvalue weighted by atomic mass is 19.4. The summed E-state index contributed by atoms with van der Waals surface area (Å²) in [6.07, 6.45) is -1.52. The molecule has 1 aromatic heterocycles. The highest BCUT2D eigenvalue weighted by Crippen LogP contribution is 2.27. The summed E-state index contributed by atoms with van der Waals surface area (Å²) in [5, 5.41) is 3.30. The minimum absolute atomic E-state index is 0.0992. The molecule has 1 atom stereocenters. The van der Waals surface area contributed by atoms with Crippen molar-refractivity contribution in [3.63, 3.8) is 0 Å². The van der Waals surface area contributed by atoms with Gasteiger partial charge < -0.3 is 5.32 Å². The summed E-state index contributed by atoms with van der Waals surface area (Å²) in [5.41, 5.74) is 2.97. The van der Waals surface area contributed by atoms with Crippen molar-refractivity contribution in [3.05, 3.63) is 29.1 Å². The van der Waals surface area contributed by atoms with Crippen LogP contribution in [-0.2, 0) is 0 Å². The number of hydrogen-bond donors (Lipinski definition) is 1. The van der Waals surface area contributed by atoms with Crippen molar-refractivity contribution in [1.29, 1.82) is 0 Å². The Morgan fingerprint density at radius 1 is 1.30 bits per heavy atom. The zero-order chi connectivity index (χ0) is 15.2. The molecule has 0 amide bonds. The summed E-state index contributed by atoms with van der Waals surface area (Å²) < 4.78 is 36.8. The van der Waals surface area contributed by atoms with Crippen LogP contribution in [0.2, 0.25) is 0 Å². The van der Waals surface area contributed by atoms with E-state index in [1.807, 2.05) is 26.8 Å². The zero-order valence-corrected chi connectivity index (χ0v) is 12.3. The lowest BCUT2D eigenvalue weighted by Gasteiger charge is -2.20. The lowest BCUT2D eigenvalue weighted by atomic mass is 10.0. The van der Waals surface area contributed by atoms with E-state index in [0.29, 0.717) is 6.42 Å². The third-order valence-electron chi connectivity index (χ3n) is 3.18. The number of nitrogens with zero attached hydrogens (tertiary/aromatic N) is 1. The van der Waals surface area contributed by atoms with E-state index in [9.17, 15) is 13.2 Å². The Hall–Kier alpha value is -1.10. The van der Waals surface area contributed by atoms with Crippen LogP contribution in [0.5, 0.6) is 0 Å². The van der Waals surface area contributed by atoms with Gasteiger partial charge >= 0.3 is 6.18 Å². The van der Waals surface area contributed by atoms with Gasteiger partial charge in [-0.15, -0.1) is 0 Å². The second-order valence-electron chi connectivity index (χ2n) is 5.23. The minimum Gasteiger partial charge on any atom is -0.309 e. The molecule has 0 bridgehead atoms. The summed E-state index contributed by atoms with van der Waals surface area (Å²) >= 11 is 0. The molecule has 2 nitrogen and oxygen atoms in total. The number of rotatable bonds is 7. The van der Waals surface area contributed by atoms with E-state index in [2.05, 4.69) is 10.3 Å². The Balaban J connectivity index is 2.72. The van der Waals surface area contributed by atoms with Crippen molar-refractivity contribution in [2.75, 3.05) is 6.54 Å². The molecule has 1 aromatic rings. The third-order valence-corrected chi connectivity index (χ3v) is 3.18. The Labute approximate surface area is 118 Å². The van der Waals surface area contributed by atoms with Crippen LogP contribution in [0.15, 0.2) is 12.3 Å². The number of halogens is 3. The zero-order valence-electron chi connectivity index (χ0n) is 12.3. The van der Waals surface area contributed by atoms with E-state index in [4.69, 9.17) is 0 Å². The summed E-state index contributed by atoms with van der Waals surface area (Å²) in [6.45, 7) is 6.74. The molecule has 0 aliphatic heterocycles. The van der Waals surface area contributed by atoms with Crippen LogP contribution in [-0.4, -0.2) is 17.7 Å². The van der Waals surface area contributed by atoms with Crippen LogP contribution < -0.4 is 5.32 Å². The highest BCUT2D eigenvalue weighted by Gasteiger charge is 2.27. The fourth-order valence-electron chi connectivity index (χ4n) is 2.25. The molecule has 0 radical (unpaired) electrons. The number of alkyl halides is 3. The van der Waals surface area contributed by atoms with Crippen LogP contribution in [0.3, 0.4) is 0 Å². The summed E-state index contributed by atoms with van der Waals surface area (Å²) in [7, 11) is 0. The van der Waals surface area contributed by atoms with Gasteiger partial charge in [0.05, 0.1) is 5.69 Å². The molecule has 0 saturated heterocycles. The molecule has 0 aromatic carbocycles. The molecule has 0 fully saturated rings. The van der Waals surface area contributed by atoms with Crippen LogP contribution >= 0.6 is 0 Å². The van der Waals surface area contributed by atoms with Crippen molar-refractivity contribution in [3.8, 4) is 0 Å². The van der Waals surface area contributed by atoms with Crippen LogP contribution in [0, 0.1) is 13.8 Å². The Kier molecular flexibility index (Phi) is 6.46. The van der Waals surface area contributed by atoms with E-state index in [1.165, 1.54) is 0 Å². The first-order valence-electron chi connectivity index (χ1n) is 7.06. The number of nitrogens with one attached hydrogen (secondary N) is 1. The third kappa shape index (κ3) is 5.90. The van der Waals surface area contributed by atoms with Gasteiger partial charge in [-0.25, -0.2) is 0 Å². The molecule has 20 heavy (non-hydrogen) atoms. The van der Waals surface area contributed by atoms with Crippen molar-refractivity contribution >= 4 is 0 Å². The molecule has 1 rings (SSSR count). The fraction of sp³-hybridized carbons (Fsp3) is 0.667. The van der Waals surface area contributed by atoms with Gasteiger partial charge in [0.1, 0.15) is 0 Å². The average molecular weight is 288 g/mol. The maximum atomic E-state index is 12.3. The number of aryl methyl sites for hydroxylation is 2. The van der Waals surface area contributed by atoms with Crippen LogP contribution in [0.4, 0.5) is 13.2 Å². The molecule has 1 unspecified atom stereocenters. The van der Waals surface area contributed by atoms with Crippen molar-refractivity contribution in [2.45, 2.75) is 58.7 Å². The van der Waals surface area contributed by atoms with Gasteiger partial charge in [0.25, 0.3) is 0 Å². The minimum atomic E-state index is -4.08. The van der Waals surface area contributed by atoms with Crippen LogP contribution in [0.25, 0.3) is 0 Å². The molecule has 0 aliphatic carbocycles. The van der Waals surface area contributed by atoms with E-state index in [0.717, 1.165) is 29.8 Å². The lowest BCUT2D eigenvalue weighted by molar-refractivity contribution is -0.135. The normalized spacial score (nSPS) is 13.5. The standard InChI is InChI=1S/C15H23F3N2/c1-4-8-19-13(6-5-7-15(16,17)18)14-12(3)9-11(2)10-20-14/h9-10,13,19H,4-8H2,1-3H3. The molecule has 114 valence electrons. The summed E-state index contributed by atoms with van der Waals surface area (Å²) in [4.78, 5) is 4.40. The van der Waals surface area contributed by atoms with Gasteiger partial charge in [-0.2, -0.15) is 13.2 Å². The number of pyridine rings is 1. The van der Waals surface area contributed by atoms with E-state index >= 15 is 0 Å². The molecule has 1 heterocycles. The molecule has 1 N–H and O–H groups in total. The maximum Gasteiger partial charge on any atom is 0.389 e. The quantitative estimate of drug-likeness (QED) is 0.800. The van der Waals surface area contributed by atoms with Gasteiger partial charge in [0.2, 0.25) is 0 Å². The summed E-state index contributed by atoms with van der Waals surface area (Å²) in [5.74, 6) is 0. The number of aromatic nitrogens is 1. The van der Waals surface area contributed by atoms with E-state index < -0.39 is 12.6 Å². The first-order valence-corrected chi connectivity index (χ1v) is 7.06. The predicted molar refractivity (Wildman–Crippen MR) is 74.7 cm³/mol. The predicted octanol–water partition coefficient (Wildman–Crippen LogP) is 4.47. The maximum absolute atomic E-state index is 12.3. The SMILES string of the molecule is CCCNC(CCCC(F)(F)F)c1ncc(C)cc1C. The first kappa shape index (κ1) is 17.0. The second-order valence-corrected chi connectivity index (χ2v) is 5.23. The Morgan fingerprint density at radius 3 is 2.55 bits per heavy atom. The molecule has 0 saturated carbocycles. The molecule has 0 spiro atoms. The Morgan fingerprint density at radius 2 is 2.00 bits per heavy atom. The van der Waals surface area contributed by atoms with Gasteiger partial charge in [0, 0.05) is 18.7 Å². The van der Waals surface area contributed by atoms with Gasteiger partial charge in [0.15, 0.2) is 0 Å². The van der Waals surface area contributed by atoms with Gasteiger partial charge in [-0.3, -0.25) is 4.98 Å². The molecule has 0 aliphatic rings. The average Bonchev–Trinajstić information content (AvgIpc) is 2.33. The highest BCUT2D eigenvalue weighted by molar-refractivity contribution is 5.25. The summed E-state index contributed by atoms with van der Waals surface area (Å²) in [6, 6.07) is 1.92. The first-order chi connectivity index (χ1) is 9.33. The lowest BCUT2D eigenvalue weighted by Crippen LogP contribution is -2.24. The van der Waals surface area contributed by atoms with Crippen molar-refractivity contribution in [2.24, 2.45) is 0 Å². The van der Waals surface area contributed by atoms with E-state index in [-0.39, 0.29) is 12.5 Å². The van der Waals surface area contributed by atoms with Crippen molar-refractivity contribution in [1.82, 2.24) is 10.3 Å². The molecule has 5 heteroatoms. The van der Waals surface area contributed by atoms with Crippen molar-refractivity contribution < 1.29 is 13.2 Å². The fourth-order valence-corrected chi connectivity index (χ4v) is 2.25. The number of hydrogen-bond acceptors (Lipinski definition) is 2. The van der Waals surface area contributed by atoms with Gasteiger partial charge in [-0.1, -0.05) is 13.0 Å². The van der Waals surface area contributed by atoms with Gasteiger partial charge in [-0.05, 0) is 50.8 Å².